The Morgan fingerprint density at radius 3 is 2.57 bits per heavy atom. The fraction of sp³-hybridized carbons (Fsp3) is 0.562. The quantitative estimate of drug-likeness (QED) is 0.613. The zero-order chi connectivity index (χ0) is 14.9. The van der Waals surface area contributed by atoms with Gasteiger partial charge in [0.25, 0.3) is 0 Å². The molecule has 0 spiro atoms. The molecule has 1 aliphatic heterocycles. The maximum atomic E-state index is 10.9. The largest absolute Gasteiger partial charge is 0.489 e. The van der Waals surface area contributed by atoms with E-state index >= 15 is 0 Å². The molecule has 0 atom stereocenters. The second-order valence-corrected chi connectivity index (χ2v) is 6.39. The van der Waals surface area contributed by atoms with Gasteiger partial charge in [0.2, 0.25) is 6.08 Å². The summed E-state index contributed by atoms with van der Waals surface area (Å²) in [6, 6.07) is 2.05. The van der Waals surface area contributed by atoms with Crippen LogP contribution in [-0.2, 0) is 16.8 Å². The van der Waals surface area contributed by atoms with Crippen molar-refractivity contribution in [3.8, 4) is 11.5 Å². The Kier molecular flexibility index (Phi) is 4.05. The van der Waals surface area contributed by atoms with Gasteiger partial charge in [-0.25, -0.2) is 4.79 Å². The van der Waals surface area contributed by atoms with E-state index in [2.05, 4.69) is 27.8 Å². The first-order chi connectivity index (χ1) is 10.2. The van der Waals surface area contributed by atoms with Crippen LogP contribution in [0.15, 0.2) is 15.5 Å². The Labute approximate surface area is 132 Å². The number of hydrogen-bond acceptors (Lipinski definition) is 4. The van der Waals surface area contributed by atoms with Crippen LogP contribution >= 0.6 is 15.9 Å². The molecule has 2 aliphatic rings. The lowest BCUT2D eigenvalue weighted by atomic mass is 9.70. The van der Waals surface area contributed by atoms with Crippen molar-refractivity contribution in [3.63, 3.8) is 0 Å². The lowest BCUT2D eigenvalue weighted by Gasteiger charge is -2.39. The SMILES string of the molecule is CCc1c(C2(N=C=O)CCC2)cc(Br)c2c1OCCCO2. The van der Waals surface area contributed by atoms with Gasteiger partial charge in [0.1, 0.15) is 0 Å². The fourth-order valence-corrected chi connectivity index (χ4v) is 3.67. The summed E-state index contributed by atoms with van der Waals surface area (Å²) in [5.74, 6) is 1.59. The van der Waals surface area contributed by atoms with Crippen molar-refractivity contribution in [3.05, 3.63) is 21.7 Å². The minimum atomic E-state index is -0.416. The Balaban J connectivity index is 2.19. The third kappa shape index (κ3) is 2.39. The van der Waals surface area contributed by atoms with Gasteiger partial charge in [-0.2, -0.15) is 4.99 Å². The molecule has 4 nitrogen and oxygen atoms in total. The predicted molar refractivity (Wildman–Crippen MR) is 82.8 cm³/mol. The number of isocyanates is 1. The molecule has 1 aromatic rings. The number of fused-ring (bicyclic) bond motifs is 1. The highest BCUT2D eigenvalue weighted by Crippen LogP contribution is 2.51. The molecule has 1 aliphatic carbocycles. The van der Waals surface area contributed by atoms with E-state index < -0.39 is 5.54 Å². The van der Waals surface area contributed by atoms with Gasteiger partial charge in [0.05, 0.1) is 23.2 Å². The van der Waals surface area contributed by atoms with Gasteiger partial charge in [0.15, 0.2) is 11.5 Å². The zero-order valence-electron chi connectivity index (χ0n) is 12.1. The molecular formula is C16H18BrNO3. The average Bonchev–Trinajstić information content (AvgIpc) is 2.69. The molecule has 0 amide bonds. The van der Waals surface area contributed by atoms with Crippen LogP contribution in [0.4, 0.5) is 0 Å². The van der Waals surface area contributed by atoms with E-state index in [1.807, 2.05) is 6.07 Å². The molecular weight excluding hydrogens is 334 g/mol. The van der Waals surface area contributed by atoms with Gasteiger partial charge in [0, 0.05) is 12.0 Å². The molecule has 0 saturated heterocycles. The summed E-state index contributed by atoms with van der Waals surface area (Å²) in [6.45, 7) is 3.41. The average molecular weight is 352 g/mol. The van der Waals surface area contributed by atoms with Crippen molar-refractivity contribution in [1.29, 1.82) is 0 Å². The standard InChI is InChI=1S/C16H18BrNO3/c1-2-11-12(16(18-10-19)5-3-6-16)9-13(17)15-14(11)20-7-4-8-21-15/h9H,2-8H2,1H3. The molecule has 0 aromatic heterocycles. The second-order valence-electron chi connectivity index (χ2n) is 5.54. The monoisotopic (exact) mass is 351 g/mol. The van der Waals surface area contributed by atoms with Crippen LogP contribution in [0.1, 0.15) is 43.7 Å². The highest BCUT2D eigenvalue weighted by atomic mass is 79.9. The van der Waals surface area contributed by atoms with Gasteiger partial charge in [-0.3, -0.25) is 0 Å². The van der Waals surface area contributed by atoms with Gasteiger partial charge >= 0.3 is 0 Å². The Hall–Kier alpha value is -1.32. The molecule has 0 N–H and O–H groups in total. The first-order valence-corrected chi connectivity index (χ1v) is 8.21. The van der Waals surface area contributed by atoms with Gasteiger partial charge < -0.3 is 9.47 Å². The summed E-state index contributed by atoms with van der Waals surface area (Å²) in [5, 5.41) is 0. The molecule has 112 valence electrons. The van der Waals surface area contributed by atoms with E-state index in [0.717, 1.165) is 59.2 Å². The number of hydrogen-bond donors (Lipinski definition) is 0. The molecule has 0 radical (unpaired) electrons. The minimum Gasteiger partial charge on any atom is -0.489 e. The number of nitrogens with zero attached hydrogens (tertiary/aromatic N) is 1. The first-order valence-electron chi connectivity index (χ1n) is 7.42. The molecule has 3 rings (SSSR count). The maximum Gasteiger partial charge on any atom is 0.235 e. The third-order valence-electron chi connectivity index (χ3n) is 4.37. The summed E-state index contributed by atoms with van der Waals surface area (Å²) >= 11 is 3.58. The Morgan fingerprint density at radius 1 is 1.29 bits per heavy atom. The maximum absolute atomic E-state index is 10.9. The van der Waals surface area contributed by atoms with E-state index in [4.69, 9.17) is 9.47 Å². The molecule has 1 saturated carbocycles. The predicted octanol–water partition coefficient (Wildman–Crippen LogP) is 3.89. The molecule has 1 heterocycles. The van der Waals surface area contributed by atoms with Crippen LogP contribution in [0, 0.1) is 0 Å². The van der Waals surface area contributed by atoms with E-state index in [1.54, 1.807) is 6.08 Å². The summed E-state index contributed by atoms with van der Waals surface area (Å²) in [7, 11) is 0. The number of ether oxygens (including phenoxy) is 2. The number of rotatable bonds is 3. The van der Waals surface area contributed by atoms with E-state index in [0.29, 0.717) is 13.2 Å². The van der Waals surface area contributed by atoms with Crippen molar-refractivity contribution in [1.82, 2.24) is 0 Å². The lowest BCUT2D eigenvalue weighted by molar-refractivity contribution is 0.251. The van der Waals surface area contributed by atoms with E-state index in [-0.39, 0.29) is 0 Å². The summed E-state index contributed by atoms with van der Waals surface area (Å²) < 4.78 is 12.6. The summed E-state index contributed by atoms with van der Waals surface area (Å²) in [5.41, 5.74) is 1.77. The van der Waals surface area contributed by atoms with Crippen LogP contribution in [-0.4, -0.2) is 19.3 Å². The van der Waals surface area contributed by atoms with Crippen LogP contribution in [0.5, 0.6) is 11.5 Å². The van der Waals surface area contributed by atoms with Gasteiger partial charge in [-0.05, 0) is 53.2 Å². The molecule has 5 heteroatoms. The highest BCUT2D eigenvalue weighted by molar-refractivity contribution is 9.10. The highest BCUT2D eigenvalue weighted by Gasteiger charge is 2.42. The Bertz CT molecular complexity index is 604. The zero-order valence-corrected chi connectivity index (χ0v) is 13.7. The molecule has 1 fully saturated rings. The second kappa shape index (κ2) is 5.82. The van der Waals surface area contributed by atoms with Crippen molar-refractivity contribution in [2.45, 2.75) is 44.6 Å². The Morgan fingerprint density at radius 2 is 2.00 bits per heavy atom. The third-order valence-corrected chi connectivity index (χ3v) is 4.96. The van der Waals surface area contributed by atoms with Crippen molar-refractivity contribution in [2.75, 3.05) is 13.2 Å². The lowest BCUT2D eigenvalue weighted by Crippen LogP contribution is -2.33. The van der Waals surface area contributed by atoms with E-state index in [1.165, 1.54) is 0 Å². The number of halogens is 1. The van der Waals surface area contributed by atoms with Crippen LogP contribution in [0.25, 0.3) is 0 Å². The van der Waals surface area contributed by atoms with Crippen LogP contribution < -0.4 is 9.47 Å². The fourth-order valence-electron chi connectivity index (χ4n) is 3.15. The summed E-state index contributed by atoms with van der Waals surface area (Å²) in [6.07, 6.45) is 6.32. The number of aliphatic imine (C=N–C) groups is 1. The van der Waals surface area contributed by atoms with Crippen molar-refractivity contribution in [2.24, 2.45) is 4.99 Å². The smallest absolute Gasteiger partial charge is 0.235 e. The minimum absolute atomic E-state index is 0.416. The molecule has 0 unspecified atom stereocenters. The van der Waals surface area contributed by atoms with Gasteiger partial charge in [-0.1, -0.05) is 6.92 Å². The number of carbonyl (C=O) groups excluding carboxylic acids is 1. The van der Waals surface area contributed by atoms with E-state index in [9.17, 15) is 4.79 Å². The van der Waals surface area contributed by atoms with Gasteiger partial charge in [-0.15, -0.1) is 0 Å². The molecule has 21 heavy (non-hydrogen) atoms. The molecule has 1 aromatic carbocycles. The first kappa shape index (κ1) is 14.6. The summed E-state index contributed by atoms with van der Waals surface area (Å²) in [4.78, 5) is 15.0. The topological polar surface area (TPSA) is 47.9 Å². The van der Waals surface area contributed by atoms with Crippen molar-refractivity contribution < 1.29 is 14.3 Å². The van der Waals surface area contributed by atoms with Crippen molar-refractivity contribution >= 4 is 22.0 Å². The molecule has 0 bridgehead atoms. The number of benzene rings is 1. The van der Waals surface area contributed by atoms with Crippen LogP contribution in [0.3, 0.4) is 0 Å². The van der Waals surface area contributed by atoms with Crippen LogP contribution in [0.2, 0.25) is 0 Å². The normalized spacial score (nSPS) is 19.1.